The average Bonchev–Trinajstić information content (AvgIpc) is 2.84. The van der Waals surface area contributed by atoms with Gasteiger partial charge in [0.2, 0.25) is 0 Å². The van der Waals surface area contributed by atoms with E-state index in [2.05, 4.69) is 59.7 Å². The van der Waals surface area contributed by atoms with Gasteiger partial charge >= 0.3 is 0 Å². The lowest BCUT2D eigenvalue weighted by molar-refractivity contribution is -0.898. The number of nitriles is 1. The predicted octanol–water partition coefficient (Wildman–Crippen LogP) is 6.08. The molecule has 5 heteroatoms. The molecule has 0 amide bonds. The Hall–Kier alpha value is -3.72. The van der Waals surface area contributed by atoms with Crippen LogP contribution >= 0.6 is 0 Å². The van der Waals surface area contributed by atoms with E-state index < -0.39 is 0 Å². The maximum Gasteiger partial charge on any atom is 0.104 e. The Morgan fingerprint density at radius 3 is 2.69 bits per heavy atom. The first-order valence-electron chi connectivity index (χ1n) is 12.3. The summed E-state index contributed by atoms with van der Waals surface area (Å²) < 4.78 is -0.156. The van der Waals surface area contributed by atoms with Crippen LogP contribution in [0.3, 0.4) is 0 Å². The Morgan fingerprint density at radius 1 is 1.09 bits per heavy atom. The van der Waals surface area contributed by atoms with Gasteiger partial charge in [-0.25, -0.2) is 0 Å². The quantitative estimate of drug-likeness (QED) is 0.255. The molecule has 1 fully saturated rings. The molecule has 1 saturated heterocycles. The van der Waals surface area contributed by atoms with Gasteiger partial charge in [-0.1, -0.05) is 35.9 Å². The van der Waals surface area contributed by atoms with Crippen molar-refractivity contribution in [3.8, 4) is 17.2 Å². The summed E-state index contributed by atoms with van der Waals surface area (Å²) in [5.41, 5.74) is 8.83. The van der Waals surface area contributed by atoms with E-state index in [4.69, 9.17) is 0 Å². The molecule has 0 atom stereocenters. The van der Waals surface area contributed by atoms with Crippen molar-refractivity contribution in [2.75, 3.05) is 18.4 Å². The van der Waals surface area contributed by atoms with E-state index in [1.165, 1.54) is 11.1 Å². The van der Waals surface area contributed by atoms with E-state index in [1.54, 1.807) is 0 Å². The highest BCUT2D eigenvalue weighted by molar-refractivity contribution is 5.98. The van der Waals surface area contributed by atoms with Gasteiger partial charge in [0.1, 0.15) is 6.54 Å². The third-order valence-corrected chi connectivity index (χ3v) is 7.58. The molecule has 3 aromatic carbocycles. The summed E-state index contributed by atoms with van der Waals surface area (Å²) in [6.45, 7) is 3.83. The van der Waals surface area contributed by atoms with Gasteiger partial charge in [-0.2, -0.15) is 5.26 Å². The molecular weight excluding hydrogens is 432 g/mol. The van der Waals surface area contributed by atoms with Crippen molar-refractivity contribution < 1.29 is 4.65 Å². The van der Waals surface area contributed by atoms with Gasteiger partial charge in [0, 0.05) is 47.9 Å². The zero-order chi connectivity index (χ0) is 24.0. The van der Waals surface area contributed by atoms with Gasteiger partial charge in [0.15, 0.2) is 0 Å². The molecule has 2 aliphatic carbocycles. The number of piperidine rings is 1. The highest BCUT2D eigenvalue weighted by Crippen LogP contribution is 2.39. The minimum atomic E-state index is -0.156. The zero-order valence-corrected chi connectivity index (χ0v) is 19.9. The first-order chi connectivity index (χ1) is 17.0. The SMILES string of the molecule is Cc1cccc(C[N+]2([O-])CCC(Nc3cc(-c4cc(C#N)c5cc4C5)cc4ccncc34)CC2)c1. The summed E-state index contributed by atoms with van der Waals surface area (Å²) in [6.07, 6.45) is 6.27. The lowest BCUT2D eigenvalue weighted by Crippen LogP contribution is -2.50. The number of fused-ring (bicyclic) bond motifs is 3. The Balaban J connectivity index is 1.24. The van der Waals surface area contributed by atoms with Crippen molar-refractivity contribution in [1.29, 1.82) is 5.26 Å². The van der Waals surface area contributed by atoms with Gasteiger partial charge in [-0.3, -0.25) is 4.98 Å². The number of nitrogens with one attached hydrogen (secondary N) is 1. The van der Waals surface area contributed by atoms with Crippen LogP contribution in [0.15, 0.2) is 67.0 Å². The monoisotopic (exact) mass is 460 g/mol. The minimum absolute atomic E-state index is 0.156. The third kappa shape index (κ3) is 4.16. The van der Waals surface area contributed by atoms with Crippen LogP contribution < -0.4 is 5.32 Å². The smallest absolute Gasteiger partial charge is 0.104 e. The van der Waals surface area contributed by atoms with Crippen LogP contribution in [0, 0.1) is 23.5 Å². The van der Waals surface area contributed by atoms with Gasteiger partial charge < -0.3 is 15.2 Å². The highest BCUT2D eigenvalue weighted by atomic mass is 16.5. The van der Waals surface area contributed by atoms with Crippen molar-refractivity contribution in [2.45, 2.75) is 38.8 Å². The van der Waals surface area contributed by atoms with Crippen LogP contribution in [-0.4, -0.2) is 28.8 Å². The summed E-state index contributed by atoms with van der Waals surface area (Å²) in [4.78, 5) is 4.36. The number of quaternary nitrogens is 1. The highest BCUT2D eigenvalue weighted by Gasteiger charge is 2.28. The molecule has 1 aromatic heterocycles. The van der Waals surface area contributed by atoms with Gasteiger partial charge in [0.05, 0.1) is 24.7 Å². The number of anilines is 1. The molecule has 0 spiro atoms. The number of aromatic nitrogens is 1. The molecule has 0 saturated carbocycles. The maximum atomic E-state index is 13.4. The maximum absolute atomic E-state index is 13.4. The molecule has 174 valence electrons. The van der Waals surface area contributed by atoms with Gasteiger partial charge in [0.25, 0.3) is 0 Å². The van der Waals surface area contributed by atoms with E-state index >= 15 is 0 Å². The number of pyridine rings is 1. The number of benzene rings is 3. The Labute approximate surface area is 205 Å². The van der Waals surface area contributed by atoms with Crippen LogP contribution in [0.2, 0.25) is 0 Å². The van der Waals surface area contributed by atoms with Crippen molar-refractivity contribution in [1.82, 2.24) is 4.98 Å². The lowest BCUT2D eigenvalue weighted by atomic mass is 9.81. The first-order valence-corrected chi connectivity index (χ1v) is 12.3. The fourth-order valence-electron chi connectivity index (χ4n) is 5.61. The fourth-order valence-corrected chi connectivity index (χ4v) is 5.61. The summed E-state index contributed by atoms with van der Waals surface area (Å²) in [5.74, 6) is 0. The molecule has 0 unspecified atom stereocenters. The second kappa shape index (κ2) is 8.49. The molecule has 7 rings (SSSR count). The number of aryl methyl sites for hydroxylation is 1. The molecule has 1 aliphatic heterocycles. The Bertz CT molecular complexity index is 1480. The number of rotatable bonds is 5. The summed E-state index contributed by atoms with van der Waals surface area (Å²) in [7, 11) is 0. The van der Waals surface area contributed by atoms with Crippen LogP contribution in [0.25, 0.3) is 21.9 Å². The summed E-state index contributed by atoms with van der Waals surface area (Å²) in [5, 5.41) is 28.9. The third-order valence-electron chi connectivity index (χ3n) is 7.58. The van der Waals surface area contributed by atoms with E-state index in [0.29, 0.717) is 19.6 Å². The molecule has 0 radical (unpaired) electrons. The largest absolute Gasteiger partial charge is 0.633 e. The van der Waals surface area contributed by atoms with Crippen LogP contribution in [0.1, 0.15) is 40.7 Å². The van der Waals surface area contributed by atoms with Crippen molar-refractivity contribution in [3.05, 3.63) is 100 Å². The second-order valence-corrected chi connectivity index (χ2v) is 10.1. The molecular formula is C30H28N4O. The second-order valence-electron chi connectivity index (χ2n) is 10.1. The van der Waals surface area contributed by atoms with Crippen LogP contribution in [-0.2, 0) is 13.0 Å². The average molecular weight is 461 g/mol. The zero-order valence-electron chi connectivity index (χ0n) is 19.9. The number of hydrogen-bond donors (Lipinski definition) is 1. The molecule has 35 heavy (non-hydrogen) atoms. The first kappa shape index (κ1) is 21.8. The fraction of sp³-hybridized carbons (Fsp3) is 0.267. The number of nitrogens with zero attached hydrogens (tertiary/aromatic N) is 3. The lowest BCUT2D eigenvalue weighted by Gasteiger charge is -2.47. The number of hydroxylamine groups is 3. The van der Waals surface area contributed by atoms with Crippen molar-refractivity contribution in [3.63, 3.8) is 0 Å². The van der Waals surface area contributed by atoms with E-state index in [1.807, 2.05) is 30.6 Å². The van der Waals surface area contributed by atoms with E-state index in [9.17, 15) is 10.5 Å². The standard InChI is InChI=1S/C30H28N4O/c1-20-3-2-4-21(11-20)19-34(35)9-6-27(7-10-34)33-30-16-25(12-22-5-8-32-18-29(22)30)28-15-26(17-31)23-13-24(28)14-23/h2-5,8,11-13,15-16,18,27,33H,6-7,9-10,14,19H2,1H3. The predicted molar refractivity (Wildman–Crippen MR) is 140 cm³/mol. The van der Waals surface area contributed by atoms with Gasteiger partial charge in [-0.05, 0) is 65.3 Å². The van der Waals surface area contributed by atoms with Crippen molar-refractivity contribution in [2.24, 2.45) is 0 Å². The number of hydrogen-bond acceptors (Lipinski definition) is 4. The molecule has 2 bridgehead atoms. The molecule has 1 N–H and O–H groups in total. The van der Waals surface area contributed by atoms with E-state index in [-0.39, 0.29) is 10.7 Å². The summed E-state index contributed by atoms with van der Waals surface area (Å²) >= 11 is 0. The summed E-state index contributed by atoms with van der Waals surface area (Å²) in [6, 6.07) is 21.5. The van der Waals surface area contributed by atoms with Gasteiger partial charge in [-0.15, -0.1) is 0 Å². The normalized spacial score (nSPS) is 20.8. The number of likely N-dealkylation sites (tertiary alicyclic amines) is 1. The Kier molecular flexibility index (Phi) is 5.29. The van der Waals surface area contributed by atoms with Crippen LogP contribution in [0.4, 0.5) is 5.69 Å². The van der Waals surface area contributed by atoms with E-state index in [0.717, 1.165) is 63.5 Å². The molecule has 4 aromatic rings. The molecule has 5 nitrogen and oxygen atoms in total. The molecule has 2 heterocycles. The van der Waals surface area contributed by atoms with Crippen LogP contribution in [0.5, 0.6) is 0 Å². The Morgan fingerprint density at radius 2 is 1.91 bits per heavy atom. The van der Waals surface area contributed by atoms with Crippen molar-refractivity contribution >= 4 is 16.5 Å². The molecule has 3 aliphatic rings. The minimum Gasteiger partial charge on any atom is -0.633 e. The topological polar surface area (TPSA) is 71.8 Å².